The summed E-state index contributed by atoms with van der Waals surface area (Å²) in [6.45, 7) is 7.72. The molecule has 0 fully saturated rings. The van der Waals surface area contributed by atoms with Crippen LogP contribution in [0.25, 0.3) is 4.85 Å². The summed E-state index contributed by atoms with van der Waals surface area (Å²) < 4.78 is 0. The SMILES string of the molecule is [C-]#[N+]c1cnc(SC)nc1Nc1cccc2c1C(=O)NC2. The van der Waals surface area contributed by atoms with Crippen molar-refractivity contribution in [3.05, 3.63) is 46.9 Å². The van der Waals surface area contributed by atoms with Gasteiger partial charge in [0.05, 0.1) is 17.8 Å². The van der Waals surface area contributed by atoms with Gasteiger partial charge in [-0.1, -0.05) is 23.9 Å². The number of carbonyl (C=O) groups is 1. The van der Waals surface area contributed by atoms with Gasteiger partial charge in [0.25, 0.3) is 5.91 Å². The Labute approximate surface area is 125 Å². The first-order chi connectivity index (χ1) is 10.2. The molecule has 0 aliphatic carbocycles. The molecule has 21 heavy (non-hydrogen) atoms. The van der Waals surface area contributed by atoms with Crippen LogP contribution in [0.15, 0.2) is 29.6 Å². The van der Waals surface area contributed by atoms with E-state index in [0.717, 1.165) is 5.56 Å². The number of anilines is 2. The van der Waals surface area contributed by atoms with Gasteiger partial charge in [0.1, 0.15) is 5.82 Å². The van der Waals surface area contributed by atoms with Crippen molar-refractivity contribution in [1.29, 1.82) is 0 Å². The average molecular weight is 297 g/mol. The molecule has 1 aromatic carbocycles. The number of aromatic nitrogens is 2. The number of amides is 1. The molecule has 2 aromatic rings. The molecule has 1 aromatic heterocycles. The van der Waals surface area contributed by atoms with Crippen LogP contribution in [0, 0.1) is 6.57 Å². The smallest absolute Gasteiger partial charge is 0.254 e. The number of rotatable bonds is 3. The second kappa shape index (κ2) is 5.42. The maximum Gasteiger partial charge on any atom is 0.254 e. The normalized spacial score (nSPS) is 12.5. The van der Waals surface area contributed by atoms with Crippen molar-refractivity contribution in [1.82, 2.24) is 15.3 Å². The predicted octanol–water partition coefficient (Wildman–Crippen LogP) is 2.74. The molecule has 6 nitrogen and oxygen atoms in total. The van der Waals surface area contributed by atoms with E-state index in [1.165, 1.54) is 18.0 Å². The Morgan fingerprint density at radius 3 is 3.10 bits per heavy atom. The van der Waals surface area contributed by atoms with Crippen molar-refractivity contribution in [2.45, 2.75) is 11.7 Å². The Balaban J connectivity index is 2.04. The zero-order valence-corrected chi connectivity index (χ0v) is 12.0. The van der Waals surface area contributed by atoms with Crippen LogP contribution in [0.3, 0.4) is 0 Å². The highest BCUT2D eigenvalue weighted by atomic mass is 32.2. The van der Waals surface area contributed by atoms with Crippen LogP contribution in [0.2, 0.25) is 0 Å². The van der Waals surface area contributed by atoms with Crippen molar-refractivity contribution < 1.29 is 4.79 Å². The van der Waals surface area contributed by atoms with Crippen LogP contribution in [-0.2, 0) is 6.54 Å². The van der Waals surface area contributed by atoms with Crippen molar-refractivity contribution in [3.8, 4) is 0 Å². The number of fused-ring (bicyclic) bond motifs is 1. The molecule has 1 aliphatic heterocycles. The molecule has 2 heterocycles. The molecule has 3 rings (SSSR count). The number of nitrogens with zero attached hydrogens (tertiary/aromatic N) is 3. The maximum atomic E-state index is 11.9. The first kappa shape index (κ1) is 13.4. The van der Waals surface area contributed by atoms with Gasteiger partial charge in [-0.3, -0.25) is 4.79 Å². The summed E-state index contributed by atoms with van der Waals surface area (Å²) in [6, 6.07) is 5.58. The van der Waals surface area contributed by atoms with E-state index in [-0.39, 0.29) is 5.91 Å². The Hall–Kier alpha value is -2.59. The van der Waals surface area contributed by atoms with E-state index in [4.69, 9.17) is 6.57 Å². The first-order valence-corrected chi connectivity index (χ1v) is 7.41. The molecule has 0 bridgehead atoms. The molecule has 104 valence electrons. The second-order valence-electron chi connectivity index (χ2n) is 4.35. The number of carbonyl (C=O) groups excluding carboxylic acids is 1. The standard InChI is InChI=1S/C14H11N5OS/c1-15-10-7-17-14(21-2)19-12(10)18-9-5-3-4-8-6-16-13(20)11(8)9/h3-5,7H,6H2,2H3,(H,16,20)(H,17,18,19). The molecule has 0 radical (unpaired) electrons. The third-order valence-electron chi connectivity index (χ3n) is 3.12. The van der Waals surface area contributed by atoms with Crippen LogP contribution >= 0.6 is 11.8 Å². The lowest BCUT2D eigenvalue weighted by atomic mass is 10.1. The predicted molar refractivity (Wildman–Crippen MR) is 81.0 cm³/mol. The Bertz CT molecular complexity index is 768. The monoisotopic (exact) mass is 297 g/mol. The highest BCUT2D eigenvalue weighted by molar-refractivity contribution is 7.98. The number of hydrogen-bond donors (Lipinski definition) is 2. The van der Waals surface area contributed by atoms with E-state index in [1.807, 2.05) is 18.4 Å². The van der Waals surface area contributed by atoms with Crippen molar-refractivity contribution in [3.63, 3.8) is 0 Å². The van der Waals surface area contributed by atoms with E-state index in [1.54, 1.807) is 6.07 Å². The van der Waals surface area contributed by atoms with Gasteiger partial charge >= 0.3 is 0 Å². The molecular weight excluding hydrogens is 286 g/mol. The van der Waals surface area contributed by atoms with E-state index in [9.17, 15) is 4.79 Å². The molecule has 1 aliphatic rings. The summed E-state index contributed by atoms with van der Waals surface area (Å²) in [4.78, 5) is 23.7. The van der Waals surface area contributed by atoms with Crippen molar-refractivity contribution >= 4 is 34.9 Å². The molecular formula is C14H11N5OS. The molecule has 0 spiro atoms. The fourth-order valence-electron chi connectivity index (χ4n) is 2.14. The molecule has 0 saturated heterocycles. The van der Waals surface area contributed by atoms with Crippen molar-refractivity contribution in [2.24, 2.45) is 0 Å². The van der Waals surface area contributed by atoms with Gasteiger partial charge in [-0.15, -0.1) is 0 Å². The highest BCUT2D eigenvalue weighted by Crippen LogP contribution is 2.31. The van der Waals surface area contributed by atoms with Crippen LogP contribution in [0.1, 0.15) is 15.9 Å². The zero-order chi connectivity index (χ0) is 14.8. The first-order valence-electron chi connectivity index (χ1n) is 6.18. The minimum Gasteiger partial charge on any atom is -0.348 e. The van der Waals surface area contributed by atoms with E-state index in [2.05, 4.69) is 25.4 Å². The van der Waals surface area contributed by atoms with Gasteiger partial charge in [-0.05, 0) is 17.9 Å². The summed E-state index contributed by atoms with van der Waals surface area (Å²) in [6.07, 6.45) is 3.35. The van der Waals surface area contributed by atoms with Gasteiger partial charge < -0.3 is 10.6 Å². The Morgan fingerprint density at radius 1 is 1.48 bits per heavy atom. The third kappa shape index (κ3) is 2.41. The quantitative estimate of drug-likeness (QED) is 0.518. The minimum atomic E-state index is -0.114. The lowest BCUT2D eigenvalue weighted by Crippen LogP contribution is -2.13. The van der Waals surface area contributed by atoms with Crippen LogP contribution in [-0.4, -0.2) is 22.1 Å². The second-order valence-corrected chi connectivity index (χ2v) is 5.12. The third-order valence-corrected chi connectivity index (χ3v) is 3.68. The molecule has 1 amide bonds. The minimum absolute atomic E-state index is 0.114. The lowest BCUT2D eigenvalue weighted by molar-refractivity contribution is 0.0966. The fourth-order valence-corrected chi connectivity index (χ4v) is 2.48. The number of nitrogens with one attached hydrogen (secondary N) is 2. The molecule has 7 heteroatoms. The number of benzene rings is 1. The van der Waals surface area contributed by atoms with Crippen molar-refractivity contribution in [2.75, 3.05) is 11.6 Å². The summed E-state index contributed by atoms with van der Waals surface area (Å²) in [5.74, 6) is 0.300. The number of hydrogen-bond acceptors (Lipinski definition) is 5. The zero-order valence-electron chi connectivity index (χ0n) is 11.2. The molecule has 0 atom stereocenters. The van der Waals surface area contributed by atoms with Gasteiger partial charge in [0, 0.05) is 12.7 Å². The van der Waals surface area contributed by atoms with Crippen LogP contribution in [0.5, 0.6) is 0 Å². The molecule has 2 N–H and O–H groups in total. The Morgan fingerprint density at radius 2 is 2.33 bits per heavy atom. The van der Waals surface area contributed by atoms with Gasteiger partial charge in [0.15, 0.2) is 5.16 Å². The van der Waals surface area contributed by atoms with E-state index < -0.39 is 0 Å². The van der Waals surface area contributed by atoms with E-state index in [0.29, 0.717) is 34.5 Å². The highest BCUT2D eigenvalue weighted by Gasteiger charge is 2.22. The van der Waals surface area contributed by atoms with Gasteiger partial charge in [0.2, 0.25) is 5.69 Å². The maximum absolute atomic E-state index is 11.9. The molecule has 0 saturated carbocycles. The lowest BCUT2D eigenvalue weighted by Gasteiger charge is -2.11. The topological polar surface area (TPSA) is 71.3 Å². The largest absolute Gasteiger partial charge is 0.348 e. The summed E-state index contributed by atoms with van der Waals surface area (Å²) in [5, 5.41) is 6.45. The summed E-state index contributed by atoms with van der Waals surface area (Å²) in [7, 11) is 0. The Kier molecular flexibility index (Phi) is 3.46. The summed E-state index contributed by atoms with van der Waals surface area (Å²) in [5.41, 5.74) is 2.52. The van der Waals surface area contributed by atoms with Crippen LogP contribution < -0.4 is 10.6 Å². The van der Waals surface area contributed by atoms with E-state index >= 15 is 0 Å². The van der Waals surface area contributed by atoms with Gasteiger partial charge in [-0.2, -0.15) is 0 Å². The fraction of sp³-hybridized carbons (Fsp3) is 0.143. The van der Waals surface area contributed by atoms with Crippen LogP contribution in [0.4, 0.5) is 17.2 Å². The summed E-state index contributed by atoms with van der Waals surface area (Å²) >= 11 is 1.39. The number of thioether (sulfide) groups is 1. The molecule has 0 unspecified atom stereocenters. The average Bonchev–Trinajstić information content (AvgIpc) is 2.90. The van der Waals surface area contributed by atoms with Gasteiger partial charge in [-0.25, -0.2) is 14.8 Å².